The molecule has 0 atom stereocenters. The molecule has 0 radical (unpaired) electrons. The van der Waals surface area contributed by atoms with Gasteiger partial charge in [0.25, 0.3) is 5.91 Å². The van der Waals surface area contributed by atoms with Crippen LogP contribution in [0.2, 0.25) is 0 Å². The van der Waals surface area contributed by atoms with Gasteiger partial charge in [-0.2, -0.15) is 0 Å². The topological polar surface area (TPSA) is 54.0 Å². The summed E-state index contributed by atoms with van der Waals surface area (Å²) in [4.78, 5) is 16.9. The van der Waals surface area contributed by atoms with Gasteiger partial charge in [-0.3, -0.25) is 9.78 Å². The molecule has 6 heteroatoms. The van der Waals surface area contributed by atoms with E-state index in [-0.39, 0.29) is 11.7 Å². The number of nitrogens with one attached hydrogen (secondary N) is 2. The molecule has 0 saturated carbocycles. The van der Waals surface area contributed by atoms with Crippen LogP contribution in [0, 0.1) is 5.82 Å². The Balaban J connectivity index is 2.31. The number of rotatable bonds is 6. The van der Waals surface area contributed by atoms with Gasteiger partial charge in [0.05, 0.1) is 17.6 Å². The van der Waals surface area contributed by atoms with Crippen LogP contribution in [0.4, 0.5) is 21.5 Å². The van der Waals surface area contributed by atoms with Crippen LogP contribution in [0.25, 0.3) is 0 Å². The maximum absolute atomic E-state index is 13.1. The van der Waals surface area contributed by atoms with Crippen LogP contribution in [0.15, 0.2) is 77.1 Å². The first kappa shape index (κ1) is 20.4. The van der Waals surface area contributed by atoms with E-state index in [0.29, 0.717) is 33.2 Å². The third-order valence-corrected chi connectivity index (χ3v) is 3.77. The monoisotopic (exact) mass is 385 g/mol. The SMILES string of the molecule is C=C(C)/C(C(=O)Nc1ccncc1Nc1ccc(F)cc1)=C(C)\C=C(/C)Cl. The van der Waals surface area contributed by atoms with E-state index in [1.165, 1.54) is 12.1 Å². The Morgan fingerprint density at radius 2 is 1.81 bits per heavy atom. The molecule has 2 aromatic rings. The predicted molar refractivity (Wildman–Crippen MR) is 110 cm³/mol. The van der Waals surface area contributed by atoms with Gasteiger partial charge >= 0.3 is 0 Å². The van der Waals surface area contributed by atoms with Gasteiger partial charge in [-0.1, -0.05) is 18.2 Å². The summed E-state index contributed by atoms with van der Waals surface area (Å²) in [6.07, 6.45) is 4.87. The molecule has 2 N–H and O–H groups in total. The average Bonchev–Trinajstić information content (AvgIpc) is 2.57. The predicted octanol–water partition coefficient (Wildman–Crippen LogP) is 5.94. The van der Waals surface area contributed by atoms with Crippen molar-refractivity contribution >= 4 is 34.6 Å². The Kier molecular flexibility index (Phi) is 6.91. The molecule has 0 spiro atoms. The molecule has 1 aromatic carbocycles. The van der Waals surface area contributed by atoms with Crippen molar-refractivity contribution in [3.63, 3.8) is 0 Å². The lowest BCUT2D eigenvalue weighted by Crippen LogP contribution is -2.17. The Morgan fingerprint density at radius 3 is 2.41 bits per heavy atom. The van der Waals surface area contributed by atoms with Crippen LogP contribution in [-0.2, 0) is 4.79 Å². The van der Waals surface area contributed by atoms with Crippen molar-refractivity contribution in [2.45, 2.75) is 20.8 Å². The number of halogens is 2. The van der Waals surface area contributed by atoms with Crippen molar-refractivity contribution in [2.75, 3.05) is 10.6 Å². The maximum Gasteiger partial charge on any atom is 0.256 e. The zero-order chi connectivity index (χ0) is 20.0. The van der Waals surface area contributed by atoms with E-state index in [1.54, 1.807) is 57.4 Å². The highest BCUT2D eigenvalue weighted by Gasteiger charge is 2.15. The van der Waals surface area contributed by atoms with Gasteiger partial charge in [0, 0.05) is 22.5 Å². The standard InChI is InChI=1S/C21H21ClFN3O/c1-13(2)20(14(3)11-15(4)22)21(27)26-18-9-10-24-12-19(18)25-17-7-5-16(23)6-8-17/h5-12,25H,1H2,2-4H3,(H,24,26,27)/b15-11+,20-14+. The number of anilines is 3. The summed E-state index contributed by atoms with van der Waals surface area (Å²) in [6, 6.07) is 7.58. The van der Waals surface area contributed by atoms with Gasteiger partial charge in [-0.25, -0.2) is 4.39 Å². The summed E-state index contributed by atoms with van der Waals surface area (Å²) < 4.78 is 13.1. The van der Waals surface area contributed by atoms with Crippen LogP contribution >= 0.6 is 11.6 Å². The molecular weight excluding hydrogens is 365 g/mol. The first-order valence-corrected chi connectivity index (χ1v) is 8.64. The van der Waals surface area contributed by atoms with Crippen molar-refractivity contribution in [2.24, 2.45) is 0 Å². The molecule has 4 nitrogen and oxygen atoms in total. The summed E-state index contributed by atoms with van der Waals surface area (Å²) in [5.41, 5.74) is 3.60. The van der Waals surface area contributed by atoms with E-state index in [4.69, 9.17) is 11.6 Å². The highest BCUT2D eigenvalue weighted by atomic mass is 35.5. The number of benzene rings is 1. The highest BCUT2D eigenvalue weighted by Crippen LogP contribution is 2.26. The number of pyridine rings is 1. The zero-order valence-electron chi connectivity index (χ0n) is 15.4. The number of carbonyl (C=O) groups is 1. The average molecular weight is 386 g/mol. The van der Waals surface area contributed by atoms with E-state index in [0.717, 1.165) is 5.57 Å². The summed E-state index contributed by atoms with van der Waals surface area (Å²) in [6.45, 7) is 9.20. The maximum atomic E-state index is 13.1. The number of aromatic nitrogens is 1. The van der Waals surface area contributed by atoms with Crippen LogP contribution in [-0.4, -0.2) is 10.9 Å². The second kappa shape index (κ2) is 9.14. The molecule has 0 bridgehead atoms. The highest BCUT2D eigenvalue weighted by molar-refractivity contribution is 6.29. The first-order valence-electron chi connectivity index (χ1n) is 8.26. The number of hydrogen-bond acceptors (Lipinski definition) is 3. The van der Waals surface area contributed by atoms with Crippen molar-refractivity contribution in [3.05, 3.63) is 82.9 Å². The second-order valence-corrected chi connectivity index (χ2v) is 6.67. The van der Waals surface area contributed by atoms with Crippen LogP contribution in [0.3, 0.4) is 0 Å². The molecule has 2 rings (SSSR count). The van der Waals surface area contributed by atoms with Crippen LogP contribution < -0.4 is 10.6 Å². The van der Waals surface area contributed by atoms with Crippen molar-refractivity contribution < 1.29 is 9.18 Å². The minimum atomic E-state index is -0.324. The largest absolute Gasteiger partial charge is 0.353 e. The molecule has 0 aliphatic heterocycles. The number of carbonyl (C=O) groups excluding carboxylic acids is 1. The lowest BCUT2D eigenvalue weighted by Gasteiger charge is -2.15. The third kappa shape index (κ3) is 5.79. The molecule has 1 amide bonds. The van der Waals surface area contributed by atoms with E-state index >= 15 is 0 Å². The van der Waals surface area contributed by atoms with Gasteiger partial charge in [0.1, 0.15) is 5.82 Å². The van der Waals surface area contributed by atoms with Crippen molar-refractivity contribution in [3.8, 4) is 0 Å². The number of hydrogen-bond donors (Lipinski definition) is 2. The lowest BCUT2D eigenvalue weighted by molar-refractivity contribution is -0.112. The Labute approximate surface area is 163 Å². The normalized spacial score (nSPS) is 12.3. The number of nitrogens with zero attached hydrogens (tertiary/aromatic N) is 1. The van der Waals surface area contributed by atoms with E-state index < -0.39 is 0 Å². The van der Waals surface area contributed by atoms with Gasteiger partial charge in [0.2, 0.25) is 0 Å². The number of amides is 1. The van der Waals surface area contributed by atoms with Gasteiger partial charge < -0.3 is 10.6 Å². The van der Waals surface area contributed by atoms with Gasteiger partial charge in [-0.15, -0.1) is 0 Å². The first-order chi connectivity index (χ1) is 12.8. The fourth-order valence-corrected chi connectivity index (χ4v) is 2.72. The fraction of sp³-hybridized carbons (Fsp3) is 0.143. The van der Waals surface area contributed by atoms with Crippen molar-refractivity contribution in [1.82, 2.24) is 4.98 Å². The molecule has 0 saturated heterocycles. The molecule has 1 heterocycles. The summed E-state index contributed by atoms with van der Waals surface area (Å²) in [7, 11) is 0. The van der Waals surface area contributed by atoms with Crippen LogP contribution in [0.1, 0.15) is 20.8 Å². The molecule has 1 aromatic heterocycles. The molecule has 0 unspecified atom stereocenters. The fourth-order valence-electron chi connectivity index (χ4n) is 2.56. The van der Waals surface area contributed by atoms with Gasteiger partial charge in [-0.05, 0) is 68.3 Å². The Bertz CT molecular complexity index is 913. The smallest absolute Gasteiger partial charge is 0.256 e. The molecule has 0 fully saturated rings. The molecule has 140 valence electrons. The third-order valence-electron chi connectivity index (χ3n) is 3.66. The molecule has 0 aliphatic rings. The molecule has 0 aliphatic carbocycles. The minimum absolute atomic E-state index is 0.303. The Morgan fingerprint density at radius 1 is 1.15 bits per heavy atom. The number of allylic oxidation sites excluding steroid dienone is 3. The van der Waals surface area contributed by atoms with E-state index in [9.17, 15) is 9.18 Å². The zero-order valence-corrected chi connectivity index (χ0v) is 16.2. The quantitative estimate of drug-likeness (QED) is 0.478. The van der Waals surface area contributed by atoms with E-state index in [2.05, 4.69) is 22.2 Å². The Hall–Kier alpha value is -2.92. The minimum Gasteiger partial charge on any atom is -0.353 e. The second-order valence-electron chi connectivity index (χ2n) is 6.08. The van der Waals surface area contributed by atoms with E-state index in [1.807, 2.05) is 0 Å². The van der Waals surface area contributed by atoms with Gasteiger partial charge in [0.15, 0.2) is 0 Å². The summed E-state index contributed by atoms with van der Waals surface area (Å²) in [5, 5.41) is 6.56. The van der Waals surface area contributed by atoms with Crippen molar-refractivity contribution in [1.29, 1.82) is 0 Å². The lowest BCUT2D eigenvalue weighted by atomic mass is 10.0. The summed E-state index contributed by atoms with van der Waals surface area (Å²) >= 11 is 5.93. The summed E-state index contributed by atoms with van der Waals surface area (Å²) in [5.74, 6) is -0.628. The van der Waals surface area contributed by atoms with Crippen LogP contribution in [0.5, 0.6) is 0 Å². The molecular formula is C21H21ClFN3O. The molecule has 27 heavy (non-hydrogen) atoms.